The number of aromatic nitrogens is 1. The second-order valence-corrected chi connectivity index (χ2v) is 5.87. The molecule has 0 spiro atoms. The quantitative estimate of drug-likeness (QED) is 0.662. The van der Waals surface area contributed by atoms with Crippen LogP contribution in [0.4, 0.5) is 0 Å². The van der Waals surface area contributed by atoms with E-state index in [2.05, 4.69) is 59.4 Å². The van der Waals surface area contributed by atoms with Crippen LogP contribution >= 0.6 is 12.2 Å². The number of amides is 1. The van der Waals surface area contributed by atoms with Crippen molar-refractivity contribution in [1.29, 1.82) is 0 Å². The van der Waals surface area contributed by atoms with Gasteiger partial charge in [0.1, 0.15) is 5.70 Å². The predicted octanol–water partition coefficient (Wildman–Crippen LogP) is 2.75. The number of thiocarbonyl (C=S) groups is 1. The van der Waals surface area contributed by atoms with Crippen molar-refractivity contribution in [3.05, 3.63) is 58.5 Å². The van der Waals surface area contributed by atoms with Gasteiger partial charge in [0.2, 0.25) is 0 Å². The summed E-state index contributed by atoms with van der Waals surface area (Å²) < 4.78 is 2.18. The van der Waals surface area contributed by atoms with Crippen LogP contribution in [0.2, 0.25) is 0 Å². The van der Waals surface area contributed by atoms with Gasteiger partial charge in [0.05, 0.1) is 0 Å². The van der Waals surface area contributed by atoms with E-state index in [-0.39, 0.29) is 5.91 Å². The van der Waals surface area contributed by atoms with Gasteiger partial charge in [-0.1, -0.05) is 17.7 Å². The van der Waals surface area contributed by atoms with E-state index in [0.29, 0.717) is 10.8 Å². The standard InChI is InChI=1S/C17H17N3OS/c1-10-4-6-14(7-5-10)20-11(2)8-13(12(20)3)9-15-16(21)19-17(22)18-15/h4-9H,1-3H3,(H2,18,19,21,22)/b15-9-. The molecule has 1 aliphatic rings. The van der Waals surface area contributed by atoms with Gasteiger partial charge in [-0.05, 0) is 62.8 Å². The Morgan fingerprint density at radius 2 is 1.77 bits per heavy atom. The number of nitrogens with zero attached hydrogens (tertiary/aromatic N) is 1. The van der Waals surface area contributed by atoms with Gasteiger partial charge < -0.3 is 9.88 Å². The third kappa shape index (κ3) is 2.55. The maximum Gasteiger partial charge on any atom is 0.273 e. The lowest BCUT2D eigenvalue weighted by Gasteiger charge is -2.10. The van der Waals surface area contributed by atoms with Crippen LogP contribution in [-0.4, -0.2) is 15.6 Å². The Bertz CT molecular complexity index is 800. The highest BCUT2D eigenvalue weighted by atomic mass is 32.1. The molecule has 0 radical (unpaired) electrons. The lowest BCUT2D eigenvalue weighted by atomic mass is 10.2. The fourth-order valence-corrected chi connectivity index (χ4v) is 2.87. The number of hydrogen-bond acceptors (Lipinski definition) is 2. The fourth-order valence-electron chi connectivity index (χ4n) is 2.66. The van der Waals surface area contributed by atoms with Crippen molar-refractivity contribution in [3.63, 3.8) is 0 Å². The van der Waals surface area contributed by atoms with Crippen molar-refractivity contribution in [2.75, 3.05) is 0 Å². The molecule has 1 amide bonds. The van der Waals surface area contributed by atoms with Gasteiger partial charge in [-0.2, -0.15) is 0 Å². The molecule has 0 atom stereocenters. The van der Waals surface area contributed by atoms with E-state index in [4.69, 9.17) is 12.2 Å². The molecule has 5 heteroatoms. The summed E-state index contributed by atoms with van der Waals surface area (Å²) in [4.78, 5) is 11.8. The maximum atomic E-state index is 11.8. The van der Waals surface area contributed by atoms with Gasteiger partial charge in [-0.25, -0.2) is 0 Å². The first kappa shape index (κ1) is 14.5. The maximum absolute atomic E-state index is 11.8. The van der Waals surface area contributed by atoms with E-state index in [9.17, 15) is 4.79 Å². The average molecular weight is 311 g/mol. The molecule has 1 fully saturated rings. The first-order valence-corrected chi connectivity index (χ1v) is 7.46. The van der Waals surface area contributed by atoms with Crippen LogP contribution in [0.15, 0.2) is 36.0 Å². The van der Waals surface area contributed by atoms with Crippen LogP contribution in [0.1, 0.15) is 22.5 Å². The lowest BCUT2D eigenvalue weighted by Crippen LogP contribution is -2.21. The zero-order chi connectivity index (χ0) is 15.9. The highest BCUT2D eigenvalue weighted by Crippen LogP contribution is 2.23. The van der Waals surface area contributed by atoms with Crippen LogP contribution in [-0.2, 0) is 4.79 Å². The molecule has 0 bridgehead atoms. The monoisotopic (exact) mass is 311 g/mol. The number of hydrogen-bond donors (Lipinski definition) is 2. The molecule has 1 saturated heterocycles. The summed E-state index contributed by atoms with van der Waals surface area (Å²) in [5.41, 5.74) is 6.03. The molecule has 2 aromatic rings. The summed E-state index contributed by atoms with van der Waals surface area (Å²) in [5.74, 6) is -0.190. The van der Waals surface area contributed by atoms with Crippen molar-refractivity contribution in [3.8, 4) is 5.69 Å². The number of rotatable bonds is 2. The molecule has 2 N–H and O–H groups in total. The Balaban J connectivity index is 2.04. The van der Waals surface area contributed by atoms with Crippen molar-refractivity contribution in [2.45, 2.75) is 20.8 Å². The topological polar surface area (TPSA) is 46.1 Å². The smallest absolute Gasteiger partial charge is 0.273 e. The first-order valence-electron chi connectivity index (χ1n) is 7.06. The largest absolute Gasteiger partial charge is 0.328 e. The SMILES string of the molecule is Cc1ccc(-n2c(C)cc(/C=C3\NC(=S)NC3=O)c2C)cc1. The zero-order valence-corrected chi connectivity index (χ0v) is 13.5. The fraction of sp³-hybridized carbons (Fsp3) is 0.176. The summed E-state index contributed by atoms with van der Waals surface area (Å²) >= 11 is 4.95. The van der Waals surface area contributed by atoms with Crippen molar-refractivity contribution in [2.24, 2.45) is 0 Å². The third-order valence-electron chi connectivity index (χ3n) is 3.78. The number of carbonyl (C=O) groups is 1. The van der Waals surface area contributed by atoms with Crippen molar-refractivity contribution < 1.29 is 4.79 Å². The molecule has 1 aromatic carbocycles. The lowest BCUT2D eigenvalue weighted by molar-refractivity contribution is -0.115. The Kier molecular flexibility index (Phi) is 3.58. The summed E-state index contributed by atoms with van der Waals surface area (Å²) in [6.45, 7) is 6.17. The van der Waals surface area contributed by atoms with Crippen molar-refractivity contribution >= 4 is 29.3 Å². The van der Waals surface area contributed by atoms with E-state index < -0.39 is 0 Å². The summed E-state index contributed by atoms with van der Waals surface area (Å²) in [7, 11) is 0. The molecule has 1 aromatic heterocycles. The molecule has 3 rings (SSSR count). The number of aryl methyl sites for hydroxylation is 2. The highest BCUT2D eigenvalue weighted by Gasteiger charge is 2.21. The van der Waals surface area contributed by atoms with Gasteiger partial charge in [0.15, 0.2) is 5.11 Å². The minimum atomic E-state index is -0.190. The predicted molar refractivity (Wildman–Crippen MR) is 91.8 cm³/mol. The minimum absolute atomic E-state index is 0.190. The Labute approximate surface area is 134 Å². The van der Waals surface area contributed by atoms with Crippen LogP contribution in [0.5, 0.6) is 0 Å². The van der Waals surface area contributed by atoms with E-state index >= 15 is 0 Å². The Hall–Kier alpha value is -2.40. The third-order valence-corrected chi connectivity index (χ3v) is 3.99. The molecule has 22 heavy (non-hydrogen) atoms. The average Bonchev–Trinajstić information content (AvgIpc) is 2.92. The molecular formula is C17H17N3OS. The second kappa shape index (κ2) is 5.42. The van der Waals surface area contributed by atoms with Crippen LogP contribution < -0.4 is 10.6 Å². The summed E-state index contributed by atoms with van der Waals surface area (Å²) in [5, 5.41) is 5.80. The van der Waals surface area contributed by atoms with E-state index in [1.165, 1.54) is 5.56 Å². The van der Waals surface area contributed by atoms with E-state index in [1.807, 2.05) is 13.0 Å². The normalized spacial score (nSPS) is 16.0. The zero-order valence-electron chi connectivity index (χ0n) is 12.7. The van der Waals surface area contributed by atoms with E-state index in [0.717, 1.165) is 22.6 Å². The molecule has 112 valence electrons. The summed E-state index contributed by atoms with van der Waals surface area (Å²) in [6, 6.07) is 10.5. The van der Waals surface area contributed by atoms with Crippen LogP contribution in [0.25, 0.3) is 11.8 Å². The highest BCUT2D eigenvalue weighted by molar-refractivity contribution is 7.80. The van der Waals surface area contributed by atoms with Gasteiger partial charge in [-0.3, -0.25) is 10.1 Å². The van der Waals surface area contributed by atoms with E-state index in [1.54, 1.807) is 0 Å². The molecule has 4 nitrogen and oxygen atoms in total. The van der Waals surface area contributed by atoms with Gasteiger partial charge >= 0.3 is 0 Å². The number of nitrogens with one attached hydrogen (secondary N) is 2. The molecule has 2 heterocycles. The number of carbonyl (C=O) groups excluding carboxylic acids is 1. The molecular weight excluding hydrogens is 294 g/mol. The molecule has 0 aliphatic carbocycles. The first-order chi connectivity index (χ1) is 10.5. The molecule has 0 unspecified atom stereocenters. The second-order valence-electron chi connectivity index (χ2n) is 5.46. The summed E-state index contributed by atoms with van der Waals surface area (Å²) in [6.07, 6.45) is 1.83. The van der Waals surface area contributed by atoms with Gasteiger partial charge in [0.25, 0.3) is 5.91 Å². The molecule has 0 saturated carbocycles. The molecule has 1 aliphatic heterocycles. The number of benzene rings is 1. The van der Waals surface area contributed by atoms with Gasteiger partial charge in [0, 0.05) is 17.1 Å². The van der Waals surface area contributed by atoms with Crippen LogP contribution in [0, 0.1) is 20.8 Å². The van der Waals surface area contributed by atoms with Crippen molar-refractivity contribution in [1.82, 2.24) is 15.2 Å². The van der Waals surface area contributed by atoms with Gasteiger partial charge in [-0.15, -0.1) is 0 Å². The minimum Gasteiger partial charge on any atom is -0.328 e. The Morgan fingerprint density at radius 3 is 2.36 bits per heavy atom. The van der Waals surface area contributed by atoms with Crippen LogP contribution in [0.3, 0.4) is 0 Å². The Morgan fingerprint density at radius 1 is 1.09 bits per heavy atom.